The average molecular weight is 331 g/mol. The molecule has 0 saturated carbocycles. The van der Waals surface area contributed by atoms with Gasteiger partial charge in [0.2, 0.25) is 0 Å². The molecule has 0 bridgehead atoms. The summed E-state index contributed by atoms with van der Waals surface area (Å²) in [6.45, 7) is 1.39. The van der Waals surface area contributed by atoms with Crippen LogP contribution in [0, 0.1) is 0 Å². The maximum absolute atomic E-state index is 12.4. The lowest BCUT2D eigenvalue weighted by Gasteiger charge is -2.11. The molecule has 120 valence electrons. The van der Waals surface area contributed by atoms with Crippen molar-refractivity contribution in [3.8, 4) is 0 Å². The number of nitrogens with zero attached hydrogens (tertiary/aromatic N) is 1. The highest BCUT2D eigenvalue weighted by atomic mass is 32.1. The van der Waals surface area contributed by atoms with E-state index >= 15 is 0 Å². The predicted molar refractivity (Wildman–Crippen MR) is 81.7 cm³/mol. The van der Waals surface area contributed by atoms with Crippen molar-refractivity contribution >= 4 is 23.5 Å². The number of thiocarbonyl (C=S) groups is 1. The van der Waals surface area contributed by atoms with Gasteiger partial charge in [-0.15, -0.1) is 0 Å². The van der Waals surface area contributed by atoms with Gasteiger partial charge in [-0.25, -0.2) is 0 Å². The van der Waals surface area contributed by atoms with E-state index in [0.717, 1.165) is 31.6 Å². The van der Waals surface area contributed by atoms with Crippen molar-refractivity contribution in [2.24, 2.45) is 5.10 Å². The van der Waals surface area contributed by atoms with E-state index in [0.29, 0.717) is 17.2 Å². The lowest BCUT2D eigenvalue weighted by Crippen LogP contribution is -2.37. The summed E-state index contributed by atoms with van der Waals surface area (Å²) in [5.74, 6) is 0. The molecule has 1 aliphatic rings. The quantitative estimate of drug-likeness (QED) is 0.506. The highest BCUT2D eigenvalue weighted by molar-refractivity contribution is 7.80. The van der Waals surface area contributed by atoms with Crippen LogP contribution in [0.3, 0.4) is 0 Å². The van der Waals surface area contributed by atoms with Crippen molar-refractivity contribution in [1.29, 1.82) is 0 Å². The van der Waals surface area contributed by atoms with Crippen LogP contribution in [0.1, 0.15) is 24.0 Å². The van der Waals surface area contributed by atoms with E-state index in [9.17, 15) is 13.2 Å². The minimum absolute atomic E-state index is 0.165. The normalized spacial score (nSPS) is 18.6. The highest BCUT2D eigenvalue weighted by Gasteiger charge is 2.29. The molecule has 1 fully saturated rings. The Morgan fingerprint density at radius 1 is 1.36 bits per heavy atom. The maximum atomic E-state index is 12.4. The van der Waals surface area contributed by atoms with Gasteiger partial charge in [0.05, 0.1) is 17.9 Å². The van der Waals surface area contributed by atoms with E-state index in [1.165, 1.54) is 18.3 Å². The number of hydrogen-bond donors (Lipinski definition) is 2. The summed E-state index contributed by atoms with van der Waals surface area (Å²) in [4.78, 5) is 0. The molecule has 22 heavy (non-hydrogen) atoms. The second-order valence-corrected chi connectivity index (χ2v) is 5.24. The number of rotatable bonds is 4. The lowest BCUT2D eigenvalue weighted by molar-refractivity contribution is -0.137. The largest absolute Gasteiger partial charge is 0.416 e. The first-order valence-corrected chi connectivity index (χ1v) is 7.22. The molecule has 8 heteroatoms. The van der Waals surface area contributed by atoms with Gasteiger partial charge in [0, 0.05) is 13.2 Å². The molecular formula is C14H16F3N3OS. The summed E-state index contributed by atoms with van der Waals surface area (Å²) in [5.41, 5.74) is 2.47. The van der Waals surface area contributed by atoms with Crippen molar-refractivity contribution in [3.05, 3.63) is 35.4 Å². The first-order valence-electron chi connectivity index (χ1n) is 6.81. The van der Waals surface area contributed by atoms with Crippen molar-refractivity contribution in [3.63, 3.8) is 0 Å². The highest BCUT2D eigenvalue weighted by Crippen LogP contribution is 2.28. The van der Waals surface area contributed by atoms with Crippen LogP contribution in [0.5, 0.6) is 0 Å². The molecule has 2 rings (SSSR count). The van der Waals surface area contributed by atoms with E-state index in [2.05, 4.69) is 15.8 Å². The van der Waals surface area contributed by atoms with Gasteiger partial charge in [-0.05, 0) is 42.8 Å². The molecule has 0 aromatic heterocycles. The molecule has 1 aromatic carbocycles. The molecule has 0 spiro atoms. The summed E-state index contributed by atoms with van der Waals surface area (Å²) in [5, 5.41) is 7.20. The molecule has 2 N–H and O–H groups in total. The third-order valence-electron chi connectivity index (χ3n) is 3.13. The van der Waals surface area contributed by atoms with Crippen LogP contribution in [0.15, 0.2) is 29.4 Å². The third-order valence-corrected chi connectivity index (χ3v) is 3.37. The van der Waals surface area contributed by atoms with E-state index in [-0.39, 0.29) is 6.10 Å². The molecule has 0 amide bonds. The van der Waals surface area contributed by atoms with Gasteiger partial charge < -0.3 is 10.1 Å². The SMILES string of the molecule is FC(F)(F)c1ccc(/C=N\NC(=S)NC[C@H]2CCCO2)cc1. The topological polar surface area (TPSA) is 45.7 Å². The fraction of sp³-hybridized carbons (Fsp3) is 0.429. The van der Waals surface area contributed by atoms with E-state index < -0.39 is 11.7 Å². The van der Waals surface area contributed by atoms with E-state index in [1.807, 2.05) is 0 Å². The Balaban J connectivity index is 1.75. The summed E-state index contributed by atoms with van der Waals surface area (Å²) >= 11 is 5.03. The molecule has 0 unspecified atom stereocenters. The Kier molecular flexibility index (Phi) is 5.73. The van der Waals surface area contributed by atoms with Gasteiger partial charge in [-0.3, -0.25) is 5.43 Å². The minimum atomic E-state index is -4.33. The van der Waals surface area contributed by atoms with Crippen molar-refractivity contribution in [2.45, 2.75) is 25.1 Å². The number of alkyl halides is 3. The summed E-state index contributed by atoms with van der Waals surface area (Å²) in [7, 11) is 0. The van der Waals surface area contributed by atoms with Crippen LogP contribution >= 0.6 is 12.2 Å². The van der Waals surface area contributed by atoms with Crippen LogP contribution in [-0.2, 0) is 10.9 Å². The first kappa shape index (κ1) is 16.7. The minimum Gasteiger partial charge on any atom is -0.376 e. The fourth-order valence-corrected chi connectivity index (χ4v) is 2.11. The van der Waals surface area contributed by atoms with E-state index in [4.69, 9.17) is 17.0 Å². The zero-order valence-corrected chi connectivity index (χ0v) is 12.5. The first-order chi connectivity index (χ1) is 10.4. The van der Waals surface area contributed by atoms with Gasteiger partial charge in [0.25, 0.3) is 0 Å². The zero-order valence-electron chi connectivity index (χ0n) is 11.7. The second-order valence-electron chi connectivity index (χ2n) is 4.83. The molecule has 1 aliphatic heterocycles. The van der Waals surface area contributed by atoms with Crippen LogP contribution in [0.4, 0.5) is 13.2 Å². The molecule has 1 atom stereocenters. The van der Waals surface area contributed by atoms with Gasteiger partial charge in [-0.1, -0.05) is 12.1 Å². The monoisotopic (exact) mass is 331 g/mol. The van der Waals surface area contributed by atoms with Crippen LogP contribution in [-0.4, -0.2) is 30.6 Å². The number of ether oxygens (including phenoxy) is 1. The Bertz CT molecular complexity index is 525. The fourth-order valence-electron chi connectivity index (χ4n) is 1.97. The Morgan fingerprint density at radius 2 is 2.09 bits per heavy atom. The second kappa shape index (κ2) is 7.55. The zero-order chi connectivity index (χ0) is 16.0. The Labute approximate surface area is 131 Å². The number of hydrazone groups is 1. The van der Waals surface area contributed by atoms with Crippen LogP contribution in [0.25, 0.3) is 0 Å². The summed E-state index contributed by atoms with van der Waals surface area (Å²) in [6, 6.07) is 4.71. The van der Waals surface area contributed by atoms with Gasteiger partial charge in [0.1, 0.15) is 0 Å². The third kappa shape index (κ3) is 5.27. The lowest BCUT2D eigenvalue weighted by atomic mass is 10.1. The van der Waals surface area contributed by atoms with E-state index in [1.54, 1.807) is 0 Å². The Hall–Kier alpha value is -1.67. The smallest absolute Gasteiger partial charge is 0.376 e. The molecule has 0 aliphatic carbocycles. The Morgan fingerprint density at radius 3 is 2.68 bits per heavy atom. The molecule has 4 nitrogen and oxygen atoms in total. The van der Waals surface area contributed by atoms with Crippen molar-refractivity contribution < 1.29 is 17.9 Å². The standard InChI is InChI=1S/C14H16F3N3OS/c15-14(16,17)11-5-3-10(4-6-11)8-19-20-13(22)18-9-12-2-1-7-21-12/h3-6,8,12H,1-2,7,9H2,(H2,18,20,22)/b19-8-/t12-/m1/s1. The van der Waals surface area contributed by atoms with Gasteiger partial charge in [0.15, 0.2) is 5.11 Å². The average Bonchev–Trinajstić information content (AvgIpc) is 2.98. The van der Waals surface area contributed by atoms with Gasteiger partial charge in [-0.2, -0.15) is 18.3 Å². The van der Waals surface area contributed by atoms with Crippen molar-refractivity contribution in [1.82, 2.24) is 10.7 Å². The molecule has 1 heterocycles. The number of benzene rings is 1. The van der Waals surface area contributed by atoms with Crippen LogP contribution < -0.4 is 10.7 Å². The van der Waals surface area contributed by atoms with Crippen LogP contribution in [0.2, 0.25) is 0 Å². The molecular weight excluding hydrogens is 315 g/mol. The summed E-state index contributed by atoms with van der Waals surface area (Å²) < 4.78 is 42.7. The predicted octanol–water partition coefficient (Wildman–Crippen LogP) is 2.68. The molecule has 1 aromatic rings. The summed E-state index contributed by atoms with van der Waals surface area (Å²) in [6.07, 6.45) is -0.705. The van der Waals surface area contributed by atoms with Crippen molar-refractivity contribution in [2.75, 3.05) is 13.2 Å². The molecule has 1 saturated heterocycles. The van der Waals surface area contributed by atoms with Gasteiger partial charge >= 0.3 is 6.18 Å². The molecule has 0 radical (unpaired) electrons. The number of nitrogens with one attached hydrogen (secondary N) is 2. The maximum Gasteiger partial charge on any atom is 0.416 e. The number of halogens is 3. The number of hydrogen-bond acceptors (Lipinski definition) is 3.